The van der Waals surface area contributed by atoms with Crippen LogP contribution >= 0.6 is 0 Å². The van der Waals surface area contributed by atoms with Crippen LogP contribution in [-0.2, 0) is 19.1 Å². The molecule has 2 aliphatic carbocycles. The van der Waals surface area contributed by atoms with Crippen LogP contribution in [0.3, 0.4) is 0 Å². The maximum atomic E-state index is 12.1. The van der Waals surface area contributed by atoms with Crippen molar-refractivity contribution in [2.75, 3.05) is 19.0 Å². The predicted molar refractivity (Wildman–Crippen MR) is 95.7 cm³/mol. The van der Waals surface area contributed by atoms with Gasteiger partial charge in [-0.25, -0.2) is 4.79 Å². The molecule has 3 atom stereocenters. The molecule has 6 heteroatoms. The second kappa shape index (κ2) is 7.89. The van der Waals surface area contributed by atoms with E-state index in [0.717, 1.165) is 17.9 Å². The monoisotopic (exact) mass is 359 g/mol. The maximum Gasteiger partial charge on any atom is 0.337 e. The van der Waals surface area contributed by atoms with Crippen molar-refractivity contribution >= 4 is 23.5 Å². The Labute approximate surface area is 153 Å². The molecule has 3 rings (SSSR count). The number of hydrogen-bond donors (Lipinski definition) is 1. The number of rotatable bonds is 6. The molecule has 0 saturated heterocycles. The molecule has 1 aromatic rings. The minimum Gasteiger partial charge on any atom is -0.465 e. The summed E-state index contributed by atoms with van der Waals surface area (Å²) in [7, 11) is 1.30. The molecule has 0 aliphatic heterocycles. The Morgan fingerprint density at radius 1 is 1.19 bits per heavy atom. The summed E-state index contributed by atoms with van der Waals surface area (Å²) in [6, 6.07) is 4.91. The summed E-state index contributed by atoms with van der Waals surface area (Å²) in [6.45, 7) is 1.50. The van der Waals surface area contributed by atoms with E-state index in [1.165, 1.54) is 26.4 Å². The summed E-state index contributed by atoms with van der Waals surface area (Å²) in [5.74, 6) is 0.659. The quantitative estimate of drug-likeness (QED) is 0.789. The zero-order valence-corrected chi connectivity index (χ0v) is 15.2. The van der Waals surface area contributed by atoms with Gasteiger partial charge in [-0.1, -0.05) is 12.5 Å². The Bertz CT molecular complexity index is 714. The number of ether oxygens (including phenoxy) is 2. The highest BCUT2D eigenvalue weighted by molar-refractivity contribution is 5.96. The Hall–Kier alpha value is -2.37. The van der Waals surface area contributed by atoms with Crippen LogP contribution in [0, 0.1) is 24.7 Å². The number of fused-ring (bicyclic) bond motifs is 2. The lowest BCUT2D eigenvalue weighted by Gasteiger charge is -2.20. The van der Waals surface area contributed by atoms with Gasteiger partial charge in [-0.15, -0.1) is 0 Å². The minimum atomic E-state index is -0.474. The second-order valence-corrected chi connectivity index (χ2v) is 7.37. The van der Waals surface area contributed by atoms with Gasteiger partial charge in [0.15, 0.2) is 6.61 Å². The molecular formula is C20H25NO5. The standard InChI is InChI=1S/C20H25NO5/c1-12-3-5-15(20(24)25-2)9-17(12)21-18(22)11-26-19(23)10-16-8-13-4-6-14(16)7-13/h3,5,9,13-14,16H,4,6-8,10-11H2,1-2H3,(H,21,22)/t13-,14+,16-/m0/s1. The van der Waals surface area contributed by atoms with Crippen molar-refractivity contribution < 1.29 is 23.9 Å². The summed E-state index contributed by atoms with van der Waals surface area (Å²) >= 11 is 0. The number of aryl methyl sites for hydroxylation is 1. The number of carbonyl (C=O) groups is 3. The van der Waals surface area contributed by atoms with Gasteiger partial charge in [-0.2, -0.15) is 0 Å². The van der Waals surface area contributed by atoms with E-state index < -0.39 is 11.9 Å². The third kappa shape index (κ3) is 4.23. The summed E-state index contributed by atoms with van der Waals surface area (Å²) in [6.07, 6.45) is 5.28. The largest absolute Gasteiger partial charge is 0.465 e. The number of amides is 1. The first-order valence-electron chi connectivity index (χ1n) is 9.10. The Morgan fingerprint density at radius 2 is 2.00 bits per heavy atom. The van der Waals surface area contributed by atoms with Crippen LogP contribution in [-0.4, -0.2) is 31.6 Å². The lowest BCUT2D eigenvalue weighted by atomic mass is 9.86. The lowest BCUT2D eigenvalue weighted by Crippen LogP contribution is -2.23. The van der Waals surface area contributed by atoms with E-state index in [2.05, 4.69) is 10.1 Å². The number of methoxy groups -OCH3 is 1. The third-order valence-electron chi connectivity index (χ3n) is 5.61. The first-order chi connectivity index (χ1) is 12.5. The molecule has 0 radical (unpaired) electrons. The number of esters is 2. The van der Waals surface area contributed by atoms with E-state index in [4.69, 9.17) is 4.74 Å². The zero-order chi connectivity index (χ0) is 18.7. The smallest absolute Gasteiger partial charge is 0.337 e. The molecule has 2 saturated carbocycles. The van der Waals surface area contributed by atoms with Crippen molar-refractivity contribution in [3.63, 3.8) is 0 Å². The second-order valence-electron chi connectivity index (χ2n) is 7.37. The number of benzene rings is 1. The summed E-state index contributed by atoms with van der Waals surface area (Å²) in [4.78, 5) is 35.7. The van der Waals surface area contributed by atoms with E-state index in [1.54, 1.807) is 18.2 Å². The summed E-state index contributed by atoms with van der Waals surface area (Å²) in [5.41, 5.74) is 1.66. The van der Waals surface area contributed by atoms with Crippen molar-refractivity contribution in [2.24, 2.45) is 17.8 Å². The molecular weight excluding hydrogens is 334 g/mol. The van der Waals surface area contributed by atoms with Gasteiger partial charge in [0.1, 0.15) is 0 Å². The Morgan fingerprint density at radius 3 is 2.65 bits per heavy atom. The van der Waals surface area contributed by atoms with Crippen LogP contribution < -0.4 is 5.32 Å². The van der Waals surface area contributed by atoms with Crippen molar-refractivity contribution in [1.82, 2.24) is 0 Å². The molecule has 1 amide bonds. The first kappa shape index (κ1) is 18.4. The third-order valence-corrected chi connectivity index (χ3v) is 5.61. The van der Waals surface area contributed by atoms with Crippen LogP contribution in [0.4, 0.5) is 5.69 Å². The fourth-order valence-corrected chi connectivity index (χ4v) is 4.23. The highest BCUT2D eigenvalue weighted by Crippen LogP contribution is 2.49. The molecule has 26 heavy (non-hydrogen) atoms. The maximum absolute atomic E-state index is 12.1. The van der Waals surface area contributed by atoms with Gasteiger partial charge >= 0.3 is 11.9 Å². The van der Waals surface area contributed by atoms with Crippen LogP contribution in [0.2, 0.25) is 0 Å². The van der Waals surface area contributed by atoms with Crippen molar-refractivity contribution in [1.29, 1.82) is 0 Å². The predicted octanol–water partition coefficient (Wildman–Crippen LogP) is 3.09. The van der Waals surface area contributed by atoms with Gasteiger partial charge in [-0.05, 0) is 61.6 Å². The van der Waals surface area contributed by atoms with Crippen molar-refractivity contribution in [2.45, 2.75) is 39.0 Å². The van der Waals surface area contributed by atoms with E-state index in [-0.39, 0.29) is 12.6 Å². The van der Waals surface area contributed by atoms with Gasteiger partial charge in [0, 0.05) is 12.1 Å². The average Bonchev–Trinajstić information content (AvgIpc) is 3.24. The molecule has 2 fully saturated rings. The molecule has 140 valence electrons. The first-order valence-corrected chi connectivity index (χ1v) is 9.10. The molecule has 0 heterocycles. The normalized spacial score (nSPS) is 23.5. The van der Waals surface area contributed by atoms with Gasteiger partial charge < -0.3 is 14.8 Å². The summed E-state index contributed by atoms with van der Waals surface area (Å²) < 4.78 is 9.82. The topological polar surface area (TPSA) is 81.7 Å². The van der Waals surface area contributed by atoms with E-state index in [1.807, 2.05) is 6.92 Å². The molecule has 0 aromatic heterocycles. The van der Waals surface area contributed by atoms with E-state index in [9.17, 15) is 14.4 Å². The SMILES string of the molecule is COC(=O)c1ccc(C)c(NC(=O)COC(=O)C[C@@H]2C[C@H]3CC[C@@H]2C3)c1. The highest BCUT2D eigenvalue weighted by atomic mass is 16.5. The Kier molecular flexibility index (Phi) is 5.59. The van der Waals surface area contributed by atoms with Crippen LogP contribution in [0.5, 0.6) is 0 Å². The molecule has 1 aromatic carbocycles. The molecule has 1 N–H and O–H groups in total. The average molecular weight is 359 g/mol. The van der Waals surface area contributed by atoms with E-state index >= 15 is 0 Å². The molecule has 0 spiro atoms. The van der Waals surface area contributed by atoms with E-state index in [0.29, 0.717) is 29.5 Å². The summed E-state index contributed by atoms with van der Waals surface area (Å²) in [5, 5.41) is 2.68. The van der Waals surface area contributed by atoms with Crippen LogP contribution in [0.1, 0.15) is 48.0 Å². The molecule has 0 unspecified atom stereocenters. The number of anilines is 1. The molecule has 2 bridgehead atoms. The minimum absolute atomic E-state index is 0.308. The zero-order valence-electron chi connectivity index (χ0n) is 15.2. The number of nitrogens with one attached hydrogen (secondary N) is 1. The van der Waals surface area contributed by atoms with Crippen LogP contribution in [0.25, 0.3) is 0 Å². The van der Waals surface area contributed by atoms with Gasteiger partial charge in [0.25, 0.3) is 5.91 Å². The van der Waals surface area contributed by atoms with Gasteiger partial charge in [0.05, 0.1) is 12.7 Å². The number of hydrogen-bond acceptors (Lipinski definition) is 5. The van der Waals surface area contributed by atoms with Crippen molar-refractivity contribution in [3.05, 3.63) is 29.3 Å². The van der Waals surface area contributed by atoms with Crippen molar-refractivity contribution in [3.8, 4) is 0 Å². The van der Waals surface area contributed by atoms with Crippen LogP contribution in [0.15, 0.2) is 18.2 Å². The molecule has 6 nitrogen and oxygen atoms in total. The fourth-order valence-electron chi connectivity index (χ4n) is 4.23. The lowest BCUT2D eigenvalue weighted by molar-refractivity contribution is -0.148. The van der Waals surface area contributed by atoms with Gasteiger partial charge in [-0.3, -0.25) is 9.59 Å². The Balaban J connectivity index is 1.48. The number of carbonyl (C=O) groups excluding carboxylic acids is 3. The highest BCUT2D eigenvalue weighted by Gasteiger charge is 2.40. The fraction of sp³-hybridized carbons (Fsp3) is 0.550. The van der Waals surface area contributed by atoms with Gasteiger partial charge in [0.2, 0.25) is 0 Å². The molecule has 2 aliphatic rings.